The van der Waals surface area contributed by atoms with Gasteiger partial charge in [0, 0.05) is 79.5 Å². The number of anilines is 1. The van der Waals surface area contributed by atoms with Crippen molar-refractivity contribution >= 4 is 28.4 Å². The van der Waals surface area contributed by atoms with Crippen LogP contribution in [0.15, 0.2) is 77.9 Å². The van der Waals surface area contributed by atoms with Gasteiger partial charge in [-0.05, 0) is 48.5 Å². The highest BCUT2D eigenvalue weighted by molar-refractivity contribution is 6.06. The summed E-state index contributed by atoms with van der Waals surface area (Å²) < 4.78 is 52.8. The molecule has 12 nitrogen and oxygen atoms in total. The van der Waals surface area contributed by atoms with Crippen molar-refractivity contribution in [1.82, 2.24) is 19.8 Å². The van der Waals surface area contributed by atoms with E-state index in [1.54, 1.807) is 24.4 Å². The first kappa shape index (κ1) is 33.6. The van der Waals surface area contributed by atoms with Gasteiger partial charge < -0.3 is 29.6 Å². The van der Waals surface area contributed by atoms with Crippen LogP contribution < -0.4 is 30.4 Å². The van der Waals surface area contributed by atoms with Gasteiger partial charge in [0.05, 0.1) is 38.0 Å². The molecule has 3 aromatic carbocycles. The van der Waals surface area contributed by atoms with Crippen LogP contribution in [0.2, 0.25) is 0 Å². The highest BCUT2D eigenvalue weighted by Gasteiger charge is 2.27. The number of hydrogen-bond acceptors (Lipinski definition) is 9. The molecule has 2 aromatic heterocycles. The summed E-state index contributed by atoms with van der Waals surface area (Å²) in [5, 5.41) is 5.96. The molecule has 51 heavy (non-hydrogen) atoms. The number of carbonyl (C=O) groups is 2. The molecule has 1 fully saturated rings. The lowest BCUT2D eigenvalue weighted by atomic mass is 10.1. The van der Waals surface area contributed by atoms with Crippen molar-refractivity contribution in [3.8, 4) is 28.7 Å². The van der Waals surface area contributed by atoms with E-state index in [4.69, 9.17) is 18.9 Å². The summed E-state index contributed by atoms with van der Waals surface area (Å²) >= 11 is 0. The second kappa shape index (κ2) is 14.5. The molecule has 14 heteroatoms. The molecule has 0 radical (unpaired) electrons. The molecule has 5 aromatic rings. The number of benzene rings is 3. The fraction of sp³-hybridized carbons (Fsp3) is 0.243. The molecule has 2 aliphatic rings. The van der Waals surface area contributed by atoms with Crippen LogP contribution in [0.5, 0.6) is 23.0 Å². The van der Waals surface area contributed by atoms with E-state index < -0.39 is 23.1 Å². The summed E-state index contributed by atoms with van der Waals surface area (Å²) in [6.07, 6.45) is 3.53. The van der Waals surface area contributed by atoms with Crippen molar-refractivity contribution < 1.29 is 37.3 Å². The third-order valence-corrected chi connectivity index (χ3v) is 8.68. The summed E-state index contributed by atoms with van der Waals surface area (Å²) in [7, 11) is 1.46. The molecule has 2 aliphatic heterocycles. The van der Waals surface area contributed by atoms with Crippen molar-refractivity contribution in [1.29, 1.82) is 0 Å². The third-order valence-electron chi connectivity index (χ3n) is 8.68. The molecule has 0 unspecified atom stereocenters. The molecule has 4 heterocycles. The smallest absolute Gasteiger partial charge is 0.271 e. The van der Waals surface area contributed by atoms with E-state index in [0.717, 1.165) is 19.2 Å². The standard InChI is InChI=1S/C37H33F2N5O7/c1-48-32-20-29-26(19-27(32)35(45)41-11-12-43-13-16-49-17-14-43)30(8-10-40-29)51-31-7-4-24(18-28(31)39)42-36(46)33-34-22(9-15-50-34)21-44(37(33)47)25-5-2-23(38)3-6-25/h2-8,10,18-21H,9,11-17H2,1H3,(H,41,45)(H,42,46). The van der Waals surface area contributed by atoms with Crippen molar-refractivity contribution in [3.05, 3.63) is 112 Å². The zero-order valence-corrected chi connectivity index (χ0v) is 27.5. The van der Waals surface area contributed by atoms with Crippen LogP contribution in [0.25, 0.3) is 16.6 Å². The molecule has 0 bridgehead atoms. The molecular weight excluding hydrogens is 664 g/mol. The highest BCUT2D eigenvalue weighted by atomic mass is 19.1. The van der Waals surface area contributed by atoms with Gasteiger partial charge in [-0.15, -0.1) is 0 Å². The number of nitrogens with zero attached hydrogens (tertiary/aromatic N) is 3. The summed E-state index contributed by atoms with van der Waals surface area (Å²) in [5.41, 5.74) is 0.863. The quantitative estimate of drug-likeness (QED) is 0.213. The Morgan fingerprint density at radius 1 is 0.941 bits per heavy atom. The normalized spacial score (nSPS) is 14.1. The van der Waals surface area contributed by atoms with E-state index >= 15 is 4.39 Å². The SMILES string of the molecule is COc1cc2nccc(Oc3ccc(NC(=O)c4c5c(cn(-c6ccc(F)cc6)c4=O)CCO5)cc3F)c2cc1C(=O)NCCN1CCOCC1. The van der Waals surface area contributed by atoms with Gasteiger partial charge in [-0.1, -0.05) is 0 Å². The molecule has 262 valence electrons. The number of halogens is 2. The van der Waals surface area contributed by atoms with Gasteiger partial charge in [-0.2, -0.15) is 0 Å². The van der Waals surface area contributed by atoms with E-state index in [-0.39, 0.29) is 46.6 Å². The van der Waals surface area contributed by atoms with E-state index in [1.807, 2.05) is 0 Å². The van der Waals surface area contributed by atoms with Gasteiger partial charge in [-0.3, -0.25) is 28.8 Å². The second-order valence-electron chi connectivity index (χ2n) is 11.9. The molecular formula is C37H33F2N5O7. The Bertz CT molecular complexity index is 2190. The minimum absolute atomic E-state index is 0.0635. The van der Waals surface area contributed by atoms with E-state index in [9.17, 15) is 18.8 Å². The number of rotatable bonds is 10. The second-order valence-corrected chi connectivity index (χ2v) is 11.9. The molecule has 2 N–H and O–H groups in total. The van der Waals surface area contributed by atoms with Crippen molar-refractivity contribution in [2.24, 2.45) is 0 Å². The summed E-state index contributed by atoms with van der Waals surface area (Å²) in [4.78, 5) is 46.8. The first-order chi connectivity index (χ1) is 24.8. The number of pyridine rings is 2. The number of carbonyl (C=O) groups excluding carboxylic acids is 2. The van der Waals surface area contributed by atoms with Crippen LogP contribution in [0.1, 0.15) is 26.3 Å². The van der Waals surface area contributed by atoms with Crippen LogP contribution in [0.3, 0.4) is 0 Å². The van der Waals surface area contributed by atoms with Crippen LogP contribution in [0.4, 0.5) is 14.5 Å². The first-order valence-corrected chi connectivity index (χ1v) is 16.3. The average molecular weight is 698 g/mol. The largest absolute Gasteiger partial charge is 0.496 e. The predicted molar refractivity (Wildman–Crippen MR) is 184 cm³/mol. The topological polar surface area (TPSA) is 133 Å². The summed E-state index contributed by atoms with van der Waals surface area (Å²) in [6.45, 7) is 4.30. The Kier molecular flexibility index (Phi) is 9.59. The zero-order chi connectivity index (χ0) is 35.5. The Morgan fingerprint density at radius 2 is 1.75 bits per heavy atom. The fourth-order valence-corrected chi connectivity index (χ4v) is 6.06. The Balaban J connectivity index is 1.10. The maximum atomic E-state index is 15.5. The minimum atomic E-state index is -0.800. The molecule has 1 saturated heterocycles. The Labute approximate surface area is 290 Å². The van der Waals surface area contributed by atoms with Gasteiger partial charge in [0.15, 0.2) is 11.6 Å². The van der Waals surface area contributed by atoms with Gasteiger partial charge >= 0.3 is 0 Å². The maximum Gasteiger partial charge on any atom is 0.271 e. The molecule has 0 saturated carbocycles. The Hall–Kier alpha value is -5.86. The van der Waals surface area contributed by atoms with E-state index in [1.165, 1.54) is 54.3 Å². The van der Waals surface area contributed by atoms with E-state index in [2.05, 4.69) is 20.5 Å². The van der Waals surface area contributed by atoms with Crippen molar-refractivity contribution in [3.63, 3.8) is 0 Å². The van der Waals surface area contributed by atoms with Crippen LogP contribution >= 0.6 is 0 Å². The monoisotopic (exact) mass is 697 g/mol. The number of nitrogens with one attached hydrogen (secondary N) is 2. The molecule has 0 aliphatic carbocycles. The molecule has 0 atom stereocenters. The first-order valence-electron chi connectivity index (χ1n) is 16.3. The number of amides is 2. The van der Waals surface area contributed by atoms with Crippen molar-refractivity contribution in [2.75, 3.05) is 58.4 Å². The van der Waals surface area contributed by atoms with Gasteiger partial charge in [0.25, 0.3) is 17.4 Å². The fourth-order valence-electron chi connectivity index (χ4n) is 6.06. The lowest BCUT2D eigenvalue weighted by Crippen LogP contribution is -2.41. The number of morpholine rings is 1. The van der Waals surface area contributed by atoms with E-state index in [0.29, 0.717) is 60.6 Å². The average Bonchev–Trinajstić information content (AvgIpc) is 3.61. The minimum Gasteiger partial charge on any atom is -0.496 e. The summed E-state index contributed by atoms with van der Waals surface area (Å²) in [6, 6.07) is 13.9. The molecule has 2 amide bonds. The molecule has 0 spiro atoms. The number of aromatic nitrogens is 2. The van der Waals surface area contributed by atoms with Gasteiger partial charge in [0.2, 0.25) is 0 Å². The van der Waals surface area contributed by atoms with Crippen LogP contribution in [0, 0.1) is 11.6 Å². The predicted octanol–water partition coefficient (Wildman–Crippen LogP) is 4.71. The number of methoxy groups -OCH3 is 1. The maximum absolute atomic E-state index is 15.5. The van der Waals surface area contributed by atoms with Crippen LogP contribution in [-0.4, -0.2) is 79.4 Å². The number of hydrogen-bond donors (Lipinski definition) is 2. The number of fused-ring (bicyclic) bond motifs is 2. The number of ether oxygens (including phenoxy) is 4. The lowest BCUT2D eigenvalue weighted by Gasteiger charge is -2.26. The highest BCUT2D eigenvalue weighted by Crippen LogP contribution is 2.35. The third kappa shape index (κ3) is 7.09. The zero-order valence-electron chi connectivity index (χ0n) is 27.5. The van der Waals surface area contributed by atoms with Crippen LogP contribution in [-0.2, 0) is 11.2 Å². The van der Waals surface area contributed by atoms with Crippen molar-refractivity contribution in [2.45, 2.75) is 6.42 Å². The summed E-state index contributed by atoms with van der Waals surface area (Å²) in [5.74, 6) is -1.86. The lowest BCUT2D eigenvalue weighted by molar-refractivity contribution is 0.0383. The Morgan fingerprint density at radius 3 is 2.51 bits per heavy atom. The van der Waals surface area contributed by atoms with Gasteiger partial charge in [0.1, 0.15) is 28.6 Å². The molecule has 7 rings (SSSR count). The van der Waals surface area contributed by atoms with Gasteiger partial charge in [-0.25, -0.2) is 8.78 Å².